The van der Waals surface area contributed by atoms with Gasteiger partial charge in [0.25, 0.3) is 0 Å². The average molecular weight is 506 g/mol. The van der Waals surface area contributed by atoms with Gasteiger partial charge in [-0.2, -0.15) is 0 Å². The molecule has 194 valence electrons. The van der Waals surface area contributed by atoms with E-state index in [4.69, 9.17) is 5.73 Å². The second kappa shape index (κ2) is 11.0. The van der Waals surface area contributed by atoms with Crippen LogP contribution in [0.2, 0.25) is 0 Å². The molecule has 0 atom stereocenters. The zero-order chi connectivity index (χ0) is 26.6. The van der Waals surface area contributed by atoms with Gasteiger partial charge in [0.2, 0.25) is 0 Å². The highest BCUT2D eigenvalue weighted by Gasteiger charge is 2.15. The number of nitrogens with two attached hydrogens (primary N) is 1. The van der Waals surface area contributed by atoms with Crippen LogP contribution >= 0.6 is 0 Å². The first-order valence-electron chi connectivity index (χ1n) is 13.1. The maximum Gasteiger partial charge on any atom is 0.135 e. The number of likely N-dealkylation sites (tertiary alicyclic amines) is 1. The number of hydrogen-bond donors (Lipinski definition) is 2. The molecule has 0 unspecified atom stereocenters. The monoisotopic (exact) mass is 505 g/mol. The Morgan fingerprint density at radius 3 is 2.58 bits per heavy atom. The Hall–Kier alpha value is -4.23. The van der Waals surface area contributed by atoms with Crippen LogP contribution in [0.4, 0.5) is 11.5 Å². The lowest BCUT2D eigenvalue weighted by Crippen LogP contribution is -2.29. The molecule has 7 heteroatoms. The Morgan fingerprint density at radius 1 is 1.00 bits per heavy atom. The van der Waals surface area contributed by atoms with Crippen LogP contribution in [0.3, 0.4) is 0 Å². The topological polar surface area (TPSA) is 84.9 Å². The molecule has 5 rings (SSSR count). The predicted octanol–water partition coefficient (Wildman–Crippen LogP) is 6.15. The zero-order valence-electron chi connectivity index (χ0n) is 22.2. The summed E-state index contributed by atoms with van der Waals surface area (Å²) in [4.78, 5) is 15.9. The maximum atomic E-state index is 6.41. The summed E-state index contributed by atoms with van der Waals surface area (Å²) in [5, 5.41) is 3.35. The number of hydrogen-bond acceptors (Lipinski definition) is 6. The molecular formula is C31H35N7. The fraction of sp³-hybridized carbons (Fsp3) is 0.258. The molecule has 3 aromatic heterocycles. The molecular weight excluding hydrogens is 470 g/mol. The smallest absolute Gasteiger partial charge is 0.135 e. The fourth-order valence-corrected chi connectivity index (χ4v) is 4.97. The van der Waals surface area contributed by atoms with E-state index in [0.29, 0.717) is 22.8 Å². The van der Waals surface area contributed by atoms with Gasteiger partial charge in [0.05, 0.1) is 17.7 Å². The van der Waals surface area contributed by atoms with Crippen LogP contribution in [0.25, 0.3) is 22.4 Å². The largest absolute Gasteiger partial charge is 0.398 e. The first-order valence-corrected chi connectivity index (χ1v) is 13.1. The maximum absolute atomic E-state index is 6.41. The van der Waals surface area contributed by atoms with Crippen molar-refractivity contribution >= 4 is 17.1 Å². The average Bonchev–Trinajstić information content (AvgIpc) is 3.36. The van der Waals surface area contributed by atoms with E-state index < -0.39 is 0 Å². The highest BCUT2D eigenvalue weighted by molar-refractivity contribution is 5.88. The Kier molecular flexibility index (Phi) is 7.38. The number of allylic oxidation sites excluding steroid dienone is 1. The minimum atomic E-state index is 0.639. The number of benzene rings is 1. The van der Waals surface area contributed by atoms with Gasteiger partial charge in [-0.1, -0.05) is 25.6 Å². The molecule has 0 saturated carbocycles. The summed E-state index contributed by atoms with van der Waals surface area (Å²) in [5.74, 6) is 0.712. The van der Waals surface area contributed by atoms with Crippen molar-refractivity contribution in [3.63, 3.8) is 0 Å². The van der Waals surface area contributed by atoms with Gasteiger partial charge in [-0.3, -0.25) is 9.88 Å². The Balaban J connectivity index is 1.35. The van der Waals surface area contributed by atoms with Gasteiger partial charge >= 0.3 is 0 Å². The number of nitrogen functional groups attached to an aromatic ring is 1. The number of nitrogens with one attached hydrogen (secondary N) is 1. The minimum absolute atomic E-state index is 0.639. The summed E-state index contributed by atoms with van der Waals surface area (Å²) in [6, 6.07) is 10.2. The number of nitrogens with zero attached hydrogens (tertiary/aromatic N) is 5. The molecule has 1 fully saturated rings. The van der Waals surface area contributed by atoms with E-state index in [1.165, 1.54) is 24.8 Å². The summed E-state index contributed by atoms with van der Waals surface area (Å²) in [7, 11) is 0. The molecule has 4 aromatic rings. The van der Waals surface area contributed by atoms with E-state index in [1.807, 2.05) is 55.2 Å². The summed E-state index contributed by atoms with van der Waals surface area (Å²) < 4.78 is 1.99. The second-order valence-corrected chi connectivity index (χ2v) is 10.0. The van der Waals surface area contributed by atoms with Crippen molar-refractivity contribution in [2.75, 3.05) is 24.1 Å². The number of imidazole rings is 1. The summed E-state index contributed by atoms with van der Waals surface area (Å²) in [5.41, 5.74) is 15.5. The van der Waals surface area contributed by atoms with Crippen molar-refractivity contribution in [2.45, 2.75) is 39.7 Å². The number of aryl methyl sites for hydroxylation is 1. The Morgan fingerprint density at radius 2 is 1.82 bits per heavy atom. The summed E-state index contributed by atoms with van der Waals surface area (Å²) in [6.07, 6.45) is 13.3. The molecule has 1 saturated heterocycles. The Bertz CT molecular complexity index is 1480. The van der Waals surface area contributed by atoms with E-state index in [0.717, 1.165) is 53.3 Å². The number of piperidine rings is 1. The number of pyridine rings is 2. The molecule has 1 aliphatic rings. The van der Waals surface area contributed by atoms with Crippen molar-refractivity contribution in [3.05, 3.63) is 103 Å². The molecule has 0 bridgehead atoms. The zero-order valence-corrected chi connectivity index (χ0v) is 22.2. The van der Waals surface area contributed by atoms with Gasteiger partial charge < -0.3 is 15.6 Å². The van der Waals surface area contributed by atoms with Crippen LogP contribution in [-0.4, -0.2) is 37.5 Å². The van der Waals surface area contributed by atoms with Crippen LogP contribution in [0.1, 0.15) is 41.6 Å². The molecule has 0 spiro atoms. The molecule has 7 nitrogen and oxygen atoms in total. The van der Waals surface area contributed by atoms with E-state index in [9.17, 15) is 0 Å². The Labute approximate surface area is 224 Å². The van der Waals surface area contributed by atoms with Gasteiger partial charge in [0.15, 0.2) is 0 Å². The molecule has 0 amide bonds. The van der Waals surface area contributed by atoms with E-state index in [-0.39, 0.29) is 0 Å². The lowest BCUT2D eigenvalue weighted by atomic mass is 9.97. The van der Waals surface area contributed by atoms with Gasteiger partial charge in [-0.25, -0.2) is 9.97 Å². The van der Waals surface area contributed by atoms with E-state index in [2.05, 4.69) is 50.5 Å². The van der Waals surface area contributed by atoms with E-state index in [1.54, 1.807) is 12.5 Å². The number of aromatic nitrogens is 4. The number of rotatable bonds is 8. The number of anilines is 2. The normalized spacial score (nSPS) is 13.8. The van der Waals surface area contributed by atoms with Crippen molar-refractivity contribution in [1.82, 2.24) is 24.4 Å². The molecule has 4 heterocycles. The van der Waals surface area contributed by atoms with E-state index >= 15 is 0 Å². The van der Waals surface area contributed by atoms with Crippen molar-refractivity contribution < 1.29 is 0 Å². The standard InChI is InChI=1S/C31H35N7/c1-21-18-38(20-35-21)30-10-11-34-31(23(30)3)36-24(4)22(2)28-15-26(8-9-29(28)32)27-14-25(16-33-17-27)19-37-12-6-5-7-13-37/h8-11,14-18,20H,2,4-7,12-13,19,32H2,1,3H3,(H,34,36). The van der Waals surface area contributed by atoms with Crippen LogP contribution in [0, 0.1) is 13.8 Å². The predicted molar refractivity (Wildman–Crippen MR) is 156 cm³/mol. The van der Waals surface area contributed by atoms with Crippen LogP contribution < -0.4 is 11.1 Å². The third kappa shape index (κ3) is 5.53. The first-order chi connectivity index (χ1) is 18.4. The van der Waals surface area contributed by atoms with Gasteiger partial charge in [0.1, 0.15) is 5.82 Å². The van der Waals surface area contributed by atoms with Crippen molar-refractivity contribution in [3.8, 4) is 16.8 Å². The molecule has 38 heavy (non-hydrogen) atoms. The third-order valence-electron chi connectivity index (χ3n) is 7.16. The molecule has 1 aliphatic heterocycles. The molecule has 3 N–H and O–H groups in total. The molecule has 0 aliphatic carbocycles. The van der Waals surface area contributed by atoms with Crippen LogP contribution in [0.15, 0.2) is 80.3 Å². The first kappa shape index (κ1) is 25.4. The van der Waals surface area contributed by atoms with Crippen molar-refractivity contribution in [2.24, 2.45) is 0 Å². The lowest BCUT2D eigenvalue weighted by Gasteiger charge is -2.26. The minimum Gasteiger partial charge on any atom is -0.398 e. The quantitative estimate of drug-likeness (QED) is 0.221. The second-order valence-electron chi connectivity index (χ2n) is 10.0. The van der Waals surface area contributed by atoms with Crippen LogP contribution in [-0.2, 0) is 6.54 Å². The highest BCUT2D eigenvalue weighted by Crippen LogP contribution is 2.32. The molecule has 0 radical (unpaired) electrons. The summed E-state index contributed by atoms with van der Waals surface area (Å²) >= 11 is 0. The van der Waals surface area contributed by atoms with Crippen LogP contribution in [0.5, 0.6) is 0 Å². The highest BCUT2D eigenvalue weighted by atomic mass is 15.1. The van der Waals surface area contributed by atoms with Gasteiger partial charge in [0, 0.05) is 59.4 Å². The molecule has 1 aromatic carbocycles. The fourth-order valence-electron chi connectivity index (χ4n) is 4.97. The summed E-state index contributed by atoms with van der Waals surface area (Å²) in [6.45, 7) is 15.8. The lowest BCUT2D eigenvalue weighted by molar-refractivity contribution is 0.220. The van der Waals surface area contributed by atoms with Gasteiger partial charge in [-0.05, 0) is 80.7 Å². The SMILES string of the molecule is C=C(Nc1nccc(-n2cnc(C)c2)c1C)C(=C)c1cc(-c2cncc(CN3CCCCC3)c2)ccc1N. The van der Waals surface area contributed by atoms with Crippen molar-refractivity contribution in [1.29, 1.82) is 0 Å². The third-order valence-corrected chi connectivity index (χ3v) is 7.16. The van der Waals surface area contributed by atoms with Gasteiger partial charge in [-0.15, -0.1) is 0 Å².